The number of nitrogens with one attached hydrogen (secondary N) is 1. The van der Waals surface area contributed by atoms with E-state index in [1.807, 2.05) is 0 Å². The Labute approximate surface area is 166 Å². The van der Waals surface area contributed by atoms with Crippen molar-refractivity contribution in [3.05, 3.63) is 50.6 Å². The zero-order chi connectivity index (χ0) is 19.6. The van der Waals surface area contributed by atoms with Crippen LogP contribution in [-0.2, 0) is 4.79 Å². The minimum absolute atomic E-state index is 0.0475. The number of fused-ring (bicyclic) bond motifs is 1. The van der Waals surface area contributed by atoms with E-state index in [4.69, 9.17) is 27.9 Å². The molecule has 0 radical (unpaired) electrons. The van der Waals surface area contributed by atoms with Crippen molar-refractivity contribution in [1.29, 1.82) is 0 Å². The maximum atomic E-state index is 12.2. The third kappa shape index (κ3) is 4.24. The molecule has 1 aromatic carbocycles. The van der Waals surface area contributed by atoms with E-state index in [1.165, 1.54) is 31.4 Å². The number of thioether (sulfide) groups is 1. The molecule has 27 heavy (non-hydrogen) atoms. The molecule has 3 rings (SSSR count). The third-order valence-electron chi connectivity index (χ3n) is 3.40. The van der Waals surface area contributed by atoms with Crippen molar-refractivity contribution in [1.82, 2.24) is 14.6 Å². The molecule has 1 N–H and O–H groups in total. The van der Waals surface area contributed by atoms with E-state index in [0.717, 1.165) is 11.8 Å². The molecule has 0 bridgehead atoms. The topological polar surface area (TPSA) is 112 Å². The normalized spacial score (nSPS) is 10.8. The van der Waals surface area contributed by atoms with Crippen molar-refractivity contribution in [2.24, 2.45) is 0 Å². The quantitative estimate of drug-likeness (QED) is 0.362. The van der Waals surface area contributed by atoms with Gasteiger partial charge in [-0.15, -0.1) is 10.2 Å². The summed E-state index contributed by atoms with van der Waals surface area (Å²) in [4.78, 5) is 22.8. The zero-order valence-corrected chi connectivity index (χ0v) is 16.0. The van der Waals surface area contributed by atoms with E-state index in [-0.39, 0.29) is 17.1 Å². The second kappa shape index (κ2) is 7.99. The van der Waals surface area contributed by atoms with Crippen LogP contribution in [0.5, 0.6) is 5.75 Å². The summed E-state index contributed by atoms with van der Waals surface area (Å²) in [5.41, 5.74) is 0.220. The number of carbonyl (C=O) groups is 1. The Kier molecular flexibility index (Phi) is 5.68. The molecule has 0 unspecified atom stereocenters. The number of methoxy groups -OCH3 is 1. The van der Waals surface area contributed by atoms with Gasteiger partial charge in [0, 0.05) is 6.20 Å². The first kappa shape index (κ1) is 19.2. The second-order valence-corrected chi connectivity index (χ2v) is 6.95. The Morgan fingerprint density at radius 1 is 1.37 bits per heavy atom. The fraction of sp³-hybridized carbons (Fsp3) is 0.133. The summed E-state index contributed by atoms with van der Waals surface area (Å²) >= 11 is 13.1. The molecule has 9 nitrogen and oxygen atoms in total. The molecule has 2 heterocycles. The molecule has 0 saturated heterocycles. The first-order valence-electron chi connectivity index (χ1n) is 7.34. The van der Waals surface area contributed by atoms with Crippen LogP contribution >= 0.6 is 35.0 Å². The van der Waals surface area contributed by atoms with Crippen molar-refractivity contribution in [3.8, 4) is 5.75 Å². The van der Waals surface area contributed by atoms with Gasteiger partial charge in [0.2, 0.25) is 5.91 Å². The van der Waals surface area contributed by atoms with Gasteiger partial charge < -0.3 is 10.1 Å². The fourth-order valence-electron chi connectivity index (χ4n) is 2.21. The van der Waals surface area contributed by atoms with E-state index in [2.05, 4.69) is 15.5 Å². The molecule has 140 valence electrons. The number of nitro benzene ring substituents is 1. The van der Waals surface area contributed by atoms with Crippen LogP contribution in [0.2, 0.25) is 10.0 Å². The molecule has 0 atom stereocenters. The van der Waals surface area contributed by atoms with Gasteiger partial charge in [-0.05, 0) is 18.2 Å². The summed E-state index contributed by atoms with van der Waals surface area (Å²) in [5.74, 6) is -0.176. The lowest BCUT2D eigenvalue weighted by Gasteiger charge is -2.07. The zero-order valence-electron chi connectivity index (χ0n) is 13.7. The predicted octanol–water partition coefficient (Wildman–Crippen LogP) is 3.68. The molecule has 0 fully saturated rings. The predicted molar refractivity (Wildman–Crippen MR) is 102 cm³/mol. The van der Waals surface area contributed by atoms with Gasteiger partial charge in [0.1, 0.15) is 11.4 Å². The first-order valence-corrected chi connectivity index (χ1v) is 9.08. The van der Waals surface area contributed by atoms with Crippen molar-refractivity contribution in [3.63, 3.8) is 0 Å². The highest BCUT2D eigenvalue weighted by Gasteiger charge is 2.18. The number of ether oxygens (including phenoxy) is 1. The number of carbonyl (C=O) groups excluding carboxylic acids is 1. The lowest BCUT2D eigenvalue weighted by molar-refractivity contribution is -0.384. The van der Waals surface area contributed by atoms with Gasteiger partial charge in [0.25, 0.3) is 5.69 Å². The van der Waals surface area contributed by atoms with Crippen LogP contribution in [0, 0.1) is 10.1 Å². The van der Waals surface area contributed by atoms with Crippen molar-refractivity contribution < 1.29 is 14.5 Å². The summed E-state index contributed by atoms with van der Waals surface area (Å²) < 4.78 is 6.53. The number of hydrogen-bond acceptors (Lipinski definition) is 7. The number of aromatic nitrogens is 3. The standard InChI is InChI=1S/C15H11Cl2N5O4S/c1-26-9-2-3-11(12(5-9)22(24)25)18-13(23)7-27-15-20-19-14-10(17)4-8(16)6-21(14)15/h2-6H,7H2,1H3,(H,18,23). The second-order valence-electron chi connectivity index (χ2n) is 5.16. The van der Waals surface area contributed by atoms with Gasteiger partial charge in [-0.1, -0.05) is 35.0 Å². The molecule has 3 aromatic rings. The van der Waals surface area contributed by atoms with Crippen molar-refractivity contribution >= 4 is 57.9 Å². The minimum Gasteiger partial charge on any atom is -0.496 e. The van der Waals surface area contributed by atoms with E-state index < -0.39 is 10.8 Å². The summed E-state index contributed by atoms with van der Waals surface area (Å²) in [6.07, 6.45) is 1.58. The Morgan fingerprint density at radius 2 is 2.15 bits per heavy atom. The number of hydrogen-bond donors (Lipinski definition) is 1. The fourth-order valence-corrected chi connectivity index (χ4v) is 3.43. The highest BCUT2D eigenvalue weighted by atomic mass is 35.5. The van der Waals surface area contributed by atoms with Crippen LogP contribution in [0.3, 0.4) is 0 Å². The van der Waals surface area contributed by atoms with Gasteiger partial charge in [0.05, 0.1) is 33.9 Å². The summed E-state index contributed by atoms with van der Waals surface area (Å²) in [7, 11) is 1.40. The Morgan fingerprint density at radius 3 is 2.85 bits per heavy atom. The van der Waals surface area contributed by atoms with Crippen molar-refractivity contribution in [2.45, 2.75) is 5.16 Å². The summed E-state index contributed by atoms with van der Waals surface area (Å²) in [6, 6.07) is 5.70. The number of anilines is 1. The average Bonchev–Trinajstić information content (AvgIpc) is 3.03. The monoisotopic (exact) mass is 427 g/mol. The van der Waals surface area contributed by atoms with Crippen molar-refractivity contribution in [2.75, 3.05) is 18.2 Å². The molecule has 0 spiro atoms. The molecule has 1 amide bonds. The summed E-state index contributed by atoms with van der Waals surface area (Å²) in [6.45, 7) is 0. The number of nitrogens with zero attached hydrogens (tertiary/aromatic N) is 4. The highest BCUT2D eigenvalue weighted by molar-refractivity contribution is 7.99. The Bertz CT molecular complexity index is 1040. The summed E-state index contributed by atoms with van der Waals surface area (Å²) in [5, 5.41) is 22.7. The largest absolute Gasteiger partial charge is 0.496 e. The Hall–Kier alpha value is -2.56. The van der Waals surface area contributed by atoms with Crippen LogP contribution in [0.15, 0.2) is 35.6 Å². The molecule has 0 aliphatic rings. The van der Waals surface area contributed by atoms with E-state index in [9.17, 15) is 14.9 Å². The number of nitro groups is 1. The minimum atomic E-state index is -0.596. The first-order chi connectivity index (χ1) is 12.9. The lowest BCUT2D eigenvalue weighted by atomic mass is 10.2. The third-order valence-corrected chi connectivity index (χ3v) is 4.83. The van der Waals surface area contributed by atoms with E-state index in [1.54, 1.807) is 10.6 Å². The molecular formula is C15H11Cl2N5O4S. The SMILES string of the molecule is COc1ccc(NC(=O)CSc2nnc3c(Cl)cc(Cl)cn23)c([N+](=O)[O-])c1. The number of amides is 1. The number of rotatable bonds is 6. The van der Waals surface area contributed by atoms with E-state index >= 15 is 0 Å². The van der Waals surface area contributed by atoms with E-state index in [0.29, 0.717) is 26.6 Å². The number of benzene rings is 1. The maximum absolute atomic E-state index is 12.2. The maximum Gasteiger partial charge on any atom is 0.296 e. The number of halogens is 2. The van der Waals surface area contributed by atoms with Gasteiger partial charge in [0.15, 0.2) is 10.8 Å². The molecule has 0 aliphatic carbocycles. The van der Waals surface area contributed by atoms with Gasteiger partial charge in [-0.2, -0.15) is 0 Å². The average molecular weight is 428 g/mol. The van der Waals surface area contributed by atoms with Crippen LogP contribution in [0.1, 0.15) is 0 Å². The molecule has 12 heteroatoms. The highest BCUT2D eigenvalue weighted by Crippen LogP contribution is 2.29. The lowest BCUT2D eigenvalue weighted by Crippen LogP contribution is -2.15. The van der Waals surface area contributed by atoms with Crippen LogP contribution in [-0.4, -0.2) is 38.3 Å². The molecule has 0 saturated carbocycles. The number of pyridine rings is 1. The van der Waals surface area contributed by atoms with Crippen LogP contribution in [0.4, 0.5) is 11.4 Å². The molecule has 0 aliphatic heterocycles. The van der Waals surface area contributed by atoms with Gasteiger partial charge in [-0.25, -0.2) is 0 Å². The molecular weight excluding hydrogens is 417 g/mol. The van der Waals surface area contributed by atoms with Gasteiger partial charge >= 0.3 is 0 Å². The van der Waals surface area contributed by atoms with Crippen LogP contribution in [0.25, 0.3) is 5.65 Å². The smallest absolute Gasteiger partial charge is 0.296 e. The van der Waals surface area contributed by atoms with Crippen LogP contribution < -0.4 is 10.1 Å². The van der Waals surface area contributed by atoms with Gasteiger partial charge in [-0.3, -0.25) is 19.3 Å². The molecule has 2 aromatic heterocycles. The Balaban J connectivity index is 1.73.